The summed E-state index contributed by atoms with van der Waals surface area (Å²) in [5.74, 6) is 0.0104. The molecule has 0 radical (unpaired) electrons. The van der Waals surface area contributed by atoms with Crippen LogP contribution in [0, 0.1) is 0 Å². The van der Waals surface area contributed by atoms with Crippen molar-refractivity contribution < 1.29 is 9.90 Å². The van der Waals surface area contributed by atoms with Gasteiger partial charge in [-0.2, -0.15) is 0 Å². The Hall–Kier alpha value is -1.39. The van der Waals surface area contributed by atoms with Gasteiger partial charge >= 0.3 is 0 Å². The first-order chi connectivity index (χ1) is 9.78. The van der Waals surface area contributed by atoms with Crippen LogP contribution in [0.1, 0.15) is 37.7 Å². The lowest BCUT2D eigenvalue weighted by Crippen LogP contribution is -2.34. The van der Waals surface area contributed by atoms with Gasteiger partial charge in [0.15, 0.2) is 0 Å². The highest BCUT2D eigenvalue weighted by Gasteiger charge is 2.15. The predicted octanol–water partition coefficient (Wildman–Crippen LogP) is 2.08. The second-order valence-electron chi connectivity index (χ2n) is 5.44. The smallest absolute Gasteiger partial charge is 0.238 e. The average Bonchev–Trinajstić information content (AvgIpc) is 2.97. The molecular weight excluding hydrogens is 252 g/mol. The Kier molecular flexibility index (Phi) is 6.02. The fourth-order valence-electron chi connectivity index (χ4n) is 2.66. The summed E-state index contributed by atoms with van der Waals surface area (Å²) in [7, 11) is 0. The number of hydrogen-bond donors (Lipinski definition) is 3. The van der Waals surface area contributed by atoms with E-state index in [0.29, 0.717) is 12.6 Å². The van der Waals surface area contributed by atoms with Gasteiger partial charge in [-0.15, -0.1) is 0 Å². The van der Waals surface area contributed by atoms with E-state index in [1.165, 1.54) is 25.7 Å². The molecule has 0 aliphatic heterocycles. The molecule has 0 aromatic heterocycles. The number of amides is 1. The van der Waals surface area contributed by atoms with Crippen LogP contribution in [0.5, 0.6) is 0 Å². The van der Waals surface area contributed by atoms with Crippen molar-refractivity contribution in [1.29, 1.82) is 0 Å². The molecule has 0 saturated heterocycles. The van der Waals surface area contributed by atoms with Gasteiger partial charge in [-0.1, -0.05) is 25.0 Å². The molecule has 1 fully saturated rings. The second kappa shape index (κ2) is 8.02. The van der Waals surface area contributed by atoms with Crippen molar-refractivity contribution in [3.63, 3.8) is 0 Å². The Morgan fingerprint density at radius 3 is 2.85 bits per heavy atom. The van der Waals surface area contributed by atoms with Gasteiger partial charge in [0.25, 0.3) is 0 Å². The summed E-state index contributed by atoms with van der Waals surface area (Å²) < 4.78 is 0. The third-order valence-corrected chi connectivity index (χ3v) is 3.74. The number of benzene rings is 1. The van der Waals surface area contributed by atoms with Gasteiger partial charge in [-0.3, -0.25) is 4.79 Å². The van der Waals surface area contributed by atoms with E-state index in [4.69, 9.17) is 5.11 Å². The van der Waals surface area contributed by atoms with Crippen LogP contribution in [0.25, 0.3) is 0 Å². The molecule has 20 heavy (non-hydrogen) atoms. The van der Waals surface area contributed by atoms with Gasteiger partial charge < -0.3 is 15.7 Å². The Labute approximate surface area is 120 Å². The van der Waals surface area contributed by atoms with Crippen LogP contribution < -0.4 is 10.6 Å². The van der Waals surface area contributed by atoms with Crippen LogP contribution >= 0.6 is 0 Å². The van der Waals surface area contributed by atoms with Gasteiger partial charge in [-0.05, 0) is 43.4 Å². The van der Waals surface area contributed by atoms with Crippen molar-refractivity contribution in [2.24, 2.45) is 0 Å². The monoisotopic (exact) mass is 276 g/mol. The summed E-state index contributed by atoms with van der Waals surface area (Å²) in [5.41, 5.74) is 1.97. The number of anilines is 1. The minimum Gasteiger partial charge on any atom is -0.396 e. The molecule has 4 nitrogen and oxygen atoms in total. The Morgan fingerprint density at radius 1 is 1.30 bits per heavy atom. The molecular formula is C16H24N2O2. The maximum atomic E-state index is 11.9. The van der Waals surface area contributed by atoms with E-state index in [1.807, 2.05) is 24.3 Å². The molecule has 110 valence electrons. The van der Waals surface area contributed by atoms with Crippen molar-refractivity contribution in [3.8, 4) is 0 Å². The Bertz CT molecular complexity index is 428. The summed E-state index contributed by atoms with van der Waals surface area (Å²) in [6, 6.07) is 8.34. The first-order valence-electron chi connectivity index (χ1n) is 7.51. The van der Waals surface area contributed by atoms with Crippen LogP contribution in [0.3, 0.4) is 0 Å². The third-order valence-electron chi connectivity index (χ3n) is 3.74. The lowest BCUT2D eigenvalue weighted by atomic mass is 10.1. The molecule has 0 heterocycles. The van der Waals surface area contributed by atoms with Crippen molar-refractivity contribution in [2.75, 3.05) is 18.5 Å². The summed E-state index contributed by atoms with van der Waals surface area (Å²) in [6.45, 7) is 0.577. The fourth-order valence-corrected chi connectivity index (χ4v) is 2.66. The van der Waals surface area contributed by atoms with Gasteiger partial charge in [0.05, 0.1) is 6.54 Å². The SMILES string of the molecule is O=C(CNC1CCCC1)Nc1cccc(CCCO)c1. The van der Waals surface area contributed by atoms with Crippen molar-refractivity contribution in [3.05, 3.63) is 29.8 Å². The van der Waals surface area contributed by atoms with E-state index in [-0.39, 0.29) is 12.5 Å². The highest BCUT2D eigenvalue weighted by Crippen LogP contribution is 2.17. The second-order valence-corrected chi connectivity index (χ2v) is 5.44. The zero-order valence-electron chi connectivity index (χ0n) is 11.9. The number of aliphatic hydroxyl groups excluding tert-OH is 1. The number of aryl methyl sites for hydroxylation is 1. The summed E-state index contributed by atoms with van der Waals surface area (Å²) in [5, 5.41) is 15.1. The predicted molar refractivity (Wildman–Crippen MR) is 80.7 cm³/mol. The molecule has 1 saturated carbocycles. The minimum absolute atomic E-state index is 0.0104. The van der Waals surface area contributed by atoms with E-state index in [1.54, 1.807) is 0 Å². The molecule has 0 spiro atoms. The molecule has 0 atom stereocenters. The molecule has 0 unspecified atom stereocenters. The third kappa shape index (κ3) is 4.94. The molecule has 1 aliphatic rings. The topological polar surface area (TPSA) is 61.4 Å². The van der Waals surface area contributed by atoms with E-state index >= 15 is 0 Å². The highest BCUT2D eigenvalue weighted by molar-refractivity contribution is 5.92. The van der Waals surface area contributed by atoms with Crippen LogP contribution in [-0.2, 0) is 11.2 Å². The normalized spacial score (nSPS) is 15.4. The van der Waals surface area contributed by atoms with E-state index < -0.39 is 0 Å². The maximum Gasteiger partial charge on any atom is 0.238 e. The number of nitrogens with one attached hydrogen (secondary N) is 2. The van der Waals surface area contributed by atoms with Gasteiger partial charge in [0, 0.05) is 18.3 Å². The standard InChI is InChI=1S/C16H24N2O2/c19-10-4-6-13-5-3-9-15(11-13)18-16(20)12-17-14-7-1-2-8-14/h3,5,9,11,14,17,19H,1-2,4,6-8,10,12H2,(H,18,20). The van der Waals surface area contributed by atoms with Crippen molar-refractivity contribution in [1.82, 2.24) is 5.32 Å². The number of carbonyl (C=O) groups excluding carboxylic acids is 1. The zero-order valence-corrected chi connectivity index (χ0v) is 11.9. The molecule has 1 aromatic carbocycles. The van der Waals surface area contributed by atoms with Crippen LogP contribution in [-0.4, -0.2) is 30.2 Å². The van der Waals surface area contributed by atoms with E-state index in [9.17, 15) is 4.79 Å². The largest absolute Gasteiger partial charge is 0.396 e. The summed E-state index contributed by atoms with van der Waals surface area (Å²) >= 11 is 0. The molecule has 0 bridgehead atoms. The lowest BCUT2D eigenvalue weighted by molar-refractivity contribution is -0.115. The molecule has 1 amide bonds. The number of hydrogen-bond acceptors (Lipinski definition) is 3. The minimum atomic E-state index is 0.0104. The number of aliphatic hydroxyl groups is 1. The molecule has 3 N–H and O–H groups in total. The number of rotatable bonds is 7. The average molecular weight is 276 g/mol. The maximum absolute atomic E-state index is 11.9. The Balaban J connectivity index is 1.77. The molecule has 2 rings (SSSR count). The van der Waals surface area contributed by atoms with Crippen molar-refractivity contribution in [2.45, 2.75) is 44.6 Å². The van der Waals surface area contributed by atoms with Crippen molar-refractivity contribution >= 4 is 11.6 Å². The van der Waals surface area contributed by atoms with Gasteiger partial charge in [-0.25, -0.2) is 0 Å². The Morgan fingerprint density at radius 2 is 2.10 bits per heavy atom. The lowest BCUT2D eigenvalue weighted by Gasteiger charge is -2.12. The van der Waals surface area contributed by atoms with E-state index in [2.05, 4.69) is 10.6 Å². The highest BCUT2D eigenvalue weighted by atomic mass is 16.2. The van der Waals surface area contributed by atoms with Crippen LogP contribution in [0.15, 0.2) is 24.3 Å². The van der Waals surface area contributed by atoms with E-state index in [0.717, 1.165) is 24.1 Å². The van der Waals surface area contributed by atoms with Gasteiger partial charge in [0.1, 0.15) is 0 Å². The fraction of sp³-hybridized carbons (Fsp3) is 0.562. The summed E-state index contributed by atoms with van der Waals surface area (Å²) in [6.07, 6.45) is 6.49. The molecule has 1 aromatic rings. The van der Waals surface area contributed by atoms with Crippen LogP contribution in [0.2, 0.25) is 0 Å². The first-order valence-corrected chi connectivity index (χ1v) is 7.51. The van der Waals surface area contributed by atoms with Crippen LogP contribution in [0.4, 0.5) is 5.69 Å². The number of carbonyl (C=O) groups is 1. The quantitative estimate of drug-likeness (QED) is 0.714. The molecule has 1 aliphatic carbocycles. The van der Waals surface area contributed by atoms with Gasteiger partial charge in [0.2, 0.25) is 5.91 Å². The first kappa shape index (κ1) is 15.0. The summed E-state index contributed by atoms with van der Waals surface area (Å²) in [4.78, 5) is 11.9. The molecule has 4 heteroatoms. The zero-order chi connectivity index (χ0) is 14.2.